The van der Waals surface area contributed by atoms with E-state index in [9.17, 15) is 8.42 Å². The largest absolute Gasteiger partial charge is 0.464 e. The zero-order valence-electron chi connectivity index (χ0n) is 11.6. The molecule has 1 aromatic heterocycles. The summed E-state index contributed by atoms with van der Waals surface area (Å²) < 4.78 is 31.6. The van der Waals surface area contributed by atoms with E-state index in [0.29, 0.717) is 18.3 Å². The smallest absolute Gasteiger partial charge is 0.273 e. The molecule has 0 unspecified atom stereocenters. The standard InChI is InChI=1S/C14H16N2O3S2/c1-11-3-2-4-12(7-11)10-21(17,18)16-8-13(9-16)19-14-15-5-6-20-14/h2-7,13H,8-10H2,1H3. The second-order valence-electron chi connectivity index (χ2n) is 5.10. The van der Waals surface area contributed by atoms with E-state index in [2.05, 4.69) is 4.98 Å². The first-order valence-electron chi connectivity index (χ1n) is 6.62. The Hall–Kier alpha value is -1.44. The summed E-state index contributed by atoms with van der Waals surface area (Å²) in [7, 11) is -3.27. The first-order chi connectivity index (χ1) is 10.0. The minimum absolute atomic E-state index is 0.0403. The van der Waals surface area contributed by atoms with Crippen LogP contribution in [0.3, 0.4) is 0 Å². The van der Waals surface area contributed by atoms with Gasteiger partial charge in [-0.05, 0) is 12.5 Å². The van der Waals surface area contributed by atoms with Crippen LogP contribution in [-0.4, -0.2) is 36.9 Å². The Morgan fingerprint density at radius 1 is 1.43 bits per heavy atom. The van der Waals surface area contributed by atoms with Crippen molar-refractivity contribution in [1.82, 2.24) is 9.29 Å². The molecule has 3 rings (SSSR count). The van der Waals surface area contributed by atoms with E-state index in [1.54, 1.807) is 6.20 Å². The van der Waals surface area contributed by atoms with Gasteiger partial charge in [0.1, 0.15) is 6.10 Å². The van der Waals surface area contributed by atoms with E-state index in [0.717, 1.165) is 11.1 Å². The Kier molecular flexibility index (Phi) is 3.97. The molecule has 1 aliphatic heterocycles. The Morgan fingerprint density at radius 3 is 2.90 bits per heavy atom. The summed E-state index contributed by atoms with van der Waals surface area (Å²) in [6.45, 7) is 2.75. The van der Waals surface area contributed by atoms with Crippen molar-refractivity contribution in [1.29, 1.82) is 0 Å². The number of hydrogen-bond donors (Lipinski definition) is 0. The number of rotatable bonds is 5. The molecule has 0 atom stereocenters. The van der Waals surface area contributed by atoms with E-state index in [1.165, 1.54) is 15.6 Å². The third kappa shape index (κ3) is 3.42. The highest BCUT2D eigenvalue weighted by atomic mass is 32.2. The molecule has 2 aromatic rings. The molecule has 112 valence electrons. The van der Waals surface area contributed by atoms with Crippen LogP contribution in [0.25, 0.3) is 0 Å². The van der Waals surface area contributed by atoms with Crippen LogP contribution in [-0.2, 0) is 15.8 Å². The highest BCUT2D eigenvalue weighted by Crippen LogP contribution is 2.23. The second kappa shape index (κ2) is 5.75. The third-order valence-corrected chi connectivity index (χ3v) is 5.76. The van der Waals surface area contributed by atoms with Crippen molar-refractivity contribution < 1.29 is 13.2 Å². The summed E-state index contributed by atoms with van der Waals surface area (Å²) in [4.78, 5) is 4.03. The quantitative estimate of drug-likeness (QED) is 0.844. The number of ether oxygens (including phenoxy) is 1. The predicted octanol–water partition coefficient (Wildman–Crippen LogP) is 2.04. The van der Waals surface area contributed by atoms with Crippen molar-refractivity contribution >= 4 is 21.4 Å². The molecule has 1 saturated heterocycles. The molecule has 0 aliphatic carbocycles. The molecule has 1 aromatic carbocycles. The van der Waals surface area contributed by atoms with Crippen LogP contribution in [0.1, 0.15) is 11.1 Å². The molecule has 5 nitrogen and oxygen atoms in total. The number of aromatic nitrogens is 1. The number of nitrogens with zero attached hydrogens (tertiary/aromatic N) is 2. The lowest BCUT2D eigenvalue weighted by atomic mass is 10.2. The summed E-state index contributed by atoms with van der Waals surface area (Å²) in [6, 6.07) is 7.58. The number of hydrogen-bond acceptors (Lipinski definition) is 5. The lowest BCUT2D eigenvalue weighted by Gasteiger charge is -2.37. The minimum Gasteiger partial charge on any atom is -0.464 e. The molecule has 0 saturated carbocycles. The number of benzene rings is 1. The highest BCUT2D eigenvalue weighted by Gasteiger charge is 2.37. The van der Waals surface area contributed by atoms with Gasteiger partial charge in [-0.2, -0.15) is 4.31 Å². The zero-order chi connectivity index (χ0) is 14.9. The maximum atomic E-state index is 12.3. The summed E-state index contributed by atoms with van der Waals surface area (Å²) in [5.74, 6) is 0.0403. The van der Waals surface area contributed by atoms with Gasteiger partial charge in [0.25, 0.3) is 5.19 Å². The summed E-state index contributed by atoms with van der Waals surface area (Å²) in [5, 5.41) is 2.43. The van der Waals surface area contributed by atoms with Crippen molar-refractivity contribution in [3.8, 4) is 5.19 Å². The SMILES string of the molecule is Cc1cccc(CS(=O)(=O)N2CC(Oc3nccs3)C2)c1. The summed E-state index contributed by atoms with van der Waals surface area (Å²) in [6.07, 6.45) is 1.58. The van der Waals surface area contributed by atoms with Crippen LogP contribution in [0.2, 0.25) is 0 Å². The first-order valence-corrected chi connectivity index (χ1v) is 9.11. The lowest BCUT2D eigenvalue weighted by Crippen LogP contribution is -2.56. The molecule has 0 bridgehead atoms. The van der Waals surface area contributed by atoms with Crippen molar-refractivity contribution in [3.63, 3.8) is 0 Å². The van der Waals surface area contributed by atoms with E-state index in [4.69, 9.17) is 4.74 Å². The molecule has 1 fully saturated rings. The normalized spacial score (nSPS) is 16.6. The van der Waals surface area contributed by atoms with E-state index in [1.807, 2.05) is 36.6 Å². The van der Waals surface area contributed by atoms with Crippen molar-refractivity contribution in [2.75, 3.05) is 13.1 Å². The van der Waals surface area contributed by atoms with Crippen molar-refractivity contribution in [2.45, 2.75) is 18.8 Å². The van der Waals surface area contributed by atoms with Gasteiger partial charge in [0.2, 0.25) is 10.0 Å². The molecular formula is C14H16N2O3S2. The topological polar surface area (TPSA) is 59.5 Å². The monoisotopic (exact) mass is 324 g/mol. The third-order valence-electron chi connectivity index (χ3n) is 3.32. The number of thiazole rings is 1. The fraction of sp³-hybridized carbons (Fsp3) is 0.357. The average molecular weight is 324 g/mol. The summed E-state index contributed by atoms with van der Waals surface area (Å²) >= 11 is 1.41. The van der Waals surface area contributed by atoms with Crippen LogP contribution in [0.4, 0.5) is 0 Å². The van der Waals surface area contributed by atoms with Crippen LogP contribution >= 0.6 is 11.3 Å². The van der Waals surface area contributed by atoms with E-state index >= 15 is 0 Å². The van der Waals surface area contributed by atoms with Crippen LogP contribution in [0.15, 0.2) is 35.8 Å². The lowest BCUT2D eigenvalue weighted by molar-refractivity contribution is 0.0758. The average Bonchev–Trinajstić information content (AvgIpc) is 2.85. The summed E-state index contributed by atoms with van der Waals surface area (Å²) in [5.41, 5.74) is 1.88. The fourth-order valence-corrected chi connectivity index (χ4v) is 4.34. The van der Waals surface area contributed by atoms with Crippen LogP contribution in [0, 0.1) is 6.92 Å². The van der Waals surface area contributed by atoms with Crippen LogP contribution < -0.4 is 4.74 Å². The van der Waals surface area contributed by atoms with Crippen LogP contribution in [0.5, 0.6) is 5.19 Å². The molecule has 2 heterocycles. The molecule has 0 amide bonds. The van der Waals surface area contributed by atoms with Gasteiger partial charge in [0.05, 0.1) is 18.8 Å². The van der Waals surface area contributed by atoms with Gasteiger partial charge in [0, 0.05) is 11.6 Å². The Morgan fingerprint density at radius 2 is 2.24 bits per heavy atom. The van der Waals surface area contributed by atoms with Gasteiger partial charge in [-0.1, -0.05) is 41.2 Å². The number of sulfonamides is 1. The van der Waals surface area contributed by atoms with Gasteiger partial charge in [0.15, 0.2) is 0 Å². The maximum Gasteiger partial charge on any atom is 0.273 e. The highest BCUT2D eigenvalue weighted by molar-refractivity contribution is 7.88. The van der Waals surface area contributed by atoms with Gasteiger partial charge < -0.3 is 4.74 Å². The van der Waals surface area contributed by atoms with E-state index in [-0.39, 0.29) is 11.9 Å². The Labute approximate surface area is 128 Å². The first kappa shape index (κ1) is 14.5. The Bertz CT molecular complexity index is 708. The zero-order valence-corrected chi connectivity index (χ0v) is 13.2. The molecular weight excluding hydrogens is 308 g/mol. The molecule has 7 heteroatoms. The van der Waals surface area contributed by atoms with Crippen molar-refractivity contribution in [3.05, 3.63) is 47.0 Å². The predicted molar refractivity (Wildman–Crippen MR) is 81.9 cm³/mol. The van der Waals surface area contributed by atoms with Gasteiger partial charge >= 0.3 is 0 Å². The minimum atomic E-state index is -3.27. The van der Waals surface area contributed by atoms with Crippen molar-refractivity contribution in [2.24, 2.45) is 0 Å². The Balaban J connectivity index is 1.57. The van der Waals surface area contributed by atoms with E-state index < -0.39 is 10.0 Å². The maximum absolute atomic E-state index is 12.3. The second-order valence-corrected chi connectivity index (χ2v) is 7.93. The van der Waals surface area contributed by atoms with Gasteiger partial charge in [-0.15, -0.1) is 0 Å². The van der Waals surface area contributed by atoms with Gasteiger partial charge in [-0.3, -0.25) is 0 Å². The molecule has 0 spiro atoms. The van der Waals surface area contributed by atoms with Gasteiger partial charge in [-0.25, -0.2) is 13.4 Å². The molecule has 0 N–H and O–H groups in total. The molecule has 1 aliphatic rings. The fourth-order valence-electron chi connectivity index (χ4n) is 2.22. The number of aryl methyl sites for hydroxylation is 1. The molecule has 21 heavy (non-hydrogen) atoms. The molecule has 0 radical (unpaired) electrons.